The second kappa shape index (κ2) is 3.22. The van der Waals surface area contributed by atoms with Crippen molar-refractivity contribution >= 4 is 10.1 Å². The van der Waals surface area contributed by atoms with Crippen molar-refractivity contribution in [3.63, 3.8) is 0 Å². The molecule has 0 fully saturated rings. The molecule has 1 aliphatic carbocycles. The Morgan fingerprint density at radius 1 is 1.46 bits per heavy atom. The van der Waals surface area contributed by atoms with Gasteiger partial charge in [-0.05, 0) is 12.2 Å². The fraction of sp³-hybridized carbons (Fsp3) is 0.429. The van der Waals surface area contributed by atoms with E-state index in [-0.39, 0.29) is 6.10 Å². The first-order valence-corrected chi connectivity index (χ1v) is 5.00. The minimum Gasteiger partial charge on any atom is -0.373 e. The van der Waals surface area contributed by atoms with E-state index in [9.17, 15) is 8.42 Å². The molecule has 3 N–H and O–H groups in total. The van der Waals surface area contributed by atoms with Gasteiger partial charge in [-0.25, -0.2) is 0 Å². The van der Waals surface area contributed by atoms with Crippen LogP contribution in [0.1, 0.15) is 0 Å². The quantitative estimate of drug-likeness (QED) is 0.476. The van der Waals surface area contributed by atoms with Crippen LogP contribution in [0.3, 0.4) is 0 Å². The Bertz CT molecular complexity index is 330. The Kier molecular flexibility index (Phi) is 2.58. The van der Waals surface area contributed by atoms with Gasteiger partial charge in [0.2, 0.25) is 0 Å². The van der Waals surface area contributed by atoms with Gasteiger partial charge in [0.05, 0.1) is 6.10 Å². The first kappa shape index (κ1) is 10.4. The summed E-state index contributed by atoms with van der Waals surface area (Å²) in [5, 5.41) is 0. The average Bonchev–Trinajstić information content (AvgIpc) is 2.04. The van der Waals surface area contributed by atoms with Crippen LogP contribution in [0.2, 0.25) is 0 Å². The van der Waals surface area contributed by atoms with Crippen LogP contribution >= 0.6 is 0 Å². The van der Waals surface area contributed by atoms with Crippen LogP contribution in [0.15, 0.2) is 24.3 Å². The Hall–Kier alpha value is -0.690. The van der Waals surface area contributed by atoms with Gasteiger partial charge in [-0.1, -0.05) is 12.2 Å². The molecule has 0 heterocycles. The van der Waals surface area contributed by atoms with E-state index in [1.807, 2.05) is 0 Å². The van der Waals surface area contributed by atoms with Crippen molar-refractivity contribution in [2.75, 3.05) is 7.11 Å². The molecule has 1 rings (SSSR count). The van der Waals surface area contributed by atoms with Crippen LogP contribution in [-0.2, 0) is 14.9 Å². The van der Waals surface area contributed by atoms with Gasteiger partial charge in [0.1, 0.15) is 0 Å². The van der Waals surface area contributed by atoms with E-state index >= 15 is 0 Å². The molecule has 6 heteroatoms. The highest BCUT2D eigenvalue weighted by atomic mass is 32.2. The number of rotatable bonds is 2. The van der Waals surface area contributed by atoms with Gasteiger partial charge in [0.15, 0.2) is 4.87 Å². The molecule has 0 saturated carbocycles. The molecule has 1 aliphatic rings. The zero-order valence-corrected chi connectivity index (χ0v) is 7.86. The summed E-state index contributed by atoms with van der Waals surface area (Å²) < 4.78 is 35.2. The predicted octanol–water partition coefficient (Wildman–Crippen LogP) is -0.330. The molecular formula is C7H11NO4S. The third-order valence-electron chi connectivity index (χ3n) is 1.81. The summed E-state index contributed by atoms with van der Waals surface area (Å²) in [6.07, 6.45) is 5.02. The number of hydrogen-bond donors (Lipinski definition) is 2. The van der Waals surface area contributed by atoms with Gasteiger partial charge in [-0.2, -0.15) is 8.42 Å². The molecular weight excluding hydrogens is 194 g/mol. The fourth-order valence-electron chi connectivity index (χ4n) is 0.939. The van der Waals surface area contributed by atoms with Crippen molar-refractivity contribution in [2.45, 2.75) is 11.0 Å². The normalized spacial score (nSPS) is 33.6. The Morgan fingerprint density at radius 2 is 1.92 bits per heavy atom. The zero-order chi connectivity index (χ0) is 10.1. The minimum absolute atomic E-state index is 0.293. The van der Waals surface area contributed by atoms with Gasteiger partial charge in [-0.15, -0.1) is 0 Å². The van der Waals surface area contributed by atoms with Gasteiger partial charge in [-0.3, -0.25) is 4.55 Å². The number of nitrogens with two attached hydrogens (primary N) is 1. The number of hydrogen-bond acceptors (Lipinski definition) is 4. The molecule has 0 spiro atoms. The summed E-state index contributed by atoms with van der Waals surface area (Å²) in [6.45, 7) is 0. The molecule has 0 bridgehead atoms. The first-order valence-electron chi connectivity index (χ1n) is 3.56. The van der Waals surface area contributed by atoms with Crippen molar-refractivity contribution in [1.82, 2.24) is 0 Å². The maximum atomic E-state index is 10.8. The standard InChI is InChI=1S/C7H11NO4S/c1-12-6-2-4-7(8,5-3-6)13(9,10)11/h2-6H,8H2,1H3,(H,9,10,11). The molecule has 13 heavy (non-hydrogen) atoms. The lowest BCUT2D eigenvalue weighted by atomic mass is 10.1. The molecule has 0 radical (unpaired) electrons. The molecule has 74 valence electrons. The predicted molar refractivity (Wildman–Crippen MR) is 47.5 cm³/mol. The summed E-state index contributed by atoms with van der Waals surface area (Å²) in [7, 11) is -2.83. The molecule has 0 atom stereocenters. The molecule has 0 aromatic carbocycles. The summed E-state index contributed by atoms with van der Waals surface area (Å²) >= 11 is 0. The van der Waals surface area contributed by atoms with Crippen LogP contribution in [0.4, 0.5) is 0 Å². The molecule has 0 saturated heterocycles. The fourth-order valence-corrected chi connectivity index (χ4v) is 1.44. The van der Waals surface area contributed by atoms with Crippen LogP contribution in [0.5, 0.6) is 0 Å². The lowest BCUT2D eigenvalue weighted by Gasteiger charge is -2.22. The molecule has 0 unspecified atom stereocenters. The van der Waals surface area contributed by atoms with Crippen LogP contribution < -0.4 is 5.73 Å². The summed E-state index contributed by atoms with van der Waals surface area (Å²) in [4.78, 5) is -1.82. The largest absolute Gasteiger partial charge is 0.373 e. The number of ether oxygens (including phenoxy) is 1. The lowest BCUT2D eigenvalue weighted by Crippen LogP contribution is -2.45. The van der Waals surface area contributed by atoms with E-state index in [1.54, 1.807) is 0 Å². The average molecular weight is 205 g/mol. The zero-order valence-electron chi connectivity index (χ0n) is 7.04. The smallest absolute Gasteiger partial charge is 0.291 e. The second-order valence-corrected chi connectivity index (χ2v) is 4.40. The van der Waals surface area contributed by atoms with Crippen LogP contribution in [0, 0.1) is 0 Å². The van der Waals surface area contributed by atoms with Gasteiger partial charge >= 0.3 is 0 Å². The van der Waals surface area contributed by atoms with E-state index in [2.05, 4.69) is 0 Å². The Morgan fingerprint density at radius 3 is 2.23 bits per heavy atom. The second-order valence-electron chi connectivity index (χ2n) is 2.75. The van der Waals surface area contributed by atoms with Crippen LogP contribution in [-0.4, -0.2) is 31.1 Å². The Balaban J connectivity index is 2.96. The van der Waals surface area contributed by atoms with Gasteiger partial charge in [0.25, 0.3) is 10.1 Å². The van der Waals surface area contributed by atoms with E-state index in [0.29, 0.717) is 0 Å². The summed E-state index contributed by atoms with van der Waals surface area (Å²) in [6, 6.07) is 0. The van der Waals surface area contributed by atoms with E-state index in [4.69, 9.17) is 15.0 Å². The lowest BCUT2D eigenvalue weighted by molar-refractivity contribution is 0.175. The third-order valence-corrected chi connectivity index (χ3v) is 2.98. The van der Waals surface area contributed by atoms with Gasteiger partial charge < -0.3 is 10.5 Å². The molecule has 0 aromatic rings. The highest BCUT2D eigenvalue weighted by Gasteiger charge is 2.35. The Labute approximate surface area is 76.6 Å². The molecule has 0 aromatic heterocycles. The van der Waals surface area contributed by atoms with Crippen molar-refractivity contribution < 1.29 is 17.7 Å². The number of methoxy groups -OCH3 is 1. The first-order chi connectivity index (χ1) is 5.89. The van der Waals surface area contributed by atoms with Crippen molar-refractivity contribution in [3.05, 3.63) is 24.3 Å². The van der Waals surface area contributed by atoms with Crippen molar-refractivity contribution in [2.24, 2.45) is 5.73 Å². The maximum absolute atomic E-state index is 10.8. The maximum Gasteiger partial charge on any atom is 0.291 e. The molecule has 0 aliphatic heterocycles. The van der Waals surface area contributed by atoms with Gasteiger partial charge in [0, 0.05) is 7.11 Å². The SMILES string of the molecule is COC1C=CC(N)(S(=O)(=O)O)C=C1. The molecule has 5 nitrogen and oxygen atoms in total. The monoisotopic (exact) mass is 205 g/mol. The van der Waals surface area contributed by atoms with E-state index < -0.39 is 15.0 Å². The highest BCUT2D eigenvalue weighted by molar-refractivity contribution is 7.87. The molecule has 0 amide bonds. The van der Waals surface area contributed by atoms with Crippen molar-refractivity contribution in [3.8, 4) is 0 Å². The third kappa shape index (κ3) is 1.97. The topological polar surface area (TPSA) is 89.6 Å². The van der Waals surface area contributed by atoms with Crippen molar-refractivity contribution in [1.29, 1.82) is 0 Å². The summed E-state index contributed by atoms with van der Waals surface area (Å²) in [5.74, 6) is 0. The summed E-state index contributed by atoms with van der Waals surface area (Å²) in [5.41, 5.74) is 5.39. The minimum atomic E-state index is -4.31. The van der Waals surface area contributed by atoms with E-state index in [1.165, 1.54) is 31.4 Å². The van der Waals surface area contributed by atoms with E-state index in [0.717, 1.165) is 0 Å². The van der Waals surface area contributed by atoms with Crippen LogP contribution in [0.25, 0.3) is 0 Å². The highest BCUT2D eigenvalue weighted by Crippen LogP contribution is 2.19.